The highest BCUT2D eigenvalue weighted by atomic mass is 79.9. The molecule has 0 N–H and O–H groups in total. The van der Waals surface area contributed by atoms with Crippen LogP contribution in [0, 0.1) is 17.6 Å². The number of hydrogen-bond donors (Lipinski definition) is 0. The van der Waals surface area contributed by atoms with Gasteiger partial charge in [0.05, 0.1) is 6.61 Å². The minimum absolute atomic E-state index is 0.292. The lowest BCUT2D eigenvalue weighted by molar-refractivity contribution is 0.0485. The third-order valence-electron chi connectivity index (χ3n) is 2.77. The van der Waals surface area contributed by atoms with E-state index in [9.17, 15) is 8.78 Å². The van der Waals surface area contributed by atoms with Crippen molar-refractivity contribution in [2.24, 2.45) is 5.92 Å². The highest BCUT2D eigenvalue weighted by Gasteiger charge is 2.17. The van der Waals surface area contributed by atoms with Crippen LogP contribution >= 0.6 is 15.9 Å². The average molecular weight is 307 g/mol. The van der Waals surface area contributed by atoms with Gasteiger partial charge in [-0.05, 0) is 30.9 Å². The zero-order valence-electron chi connectivity index (χ0n) is 9.22. The van der Waals surface area contributed by atoms with E-state index in [0.717, 1.165) is 12.8 Å². The van der Waals surface area contributed by atoms with E-state index in [1.54, 1.807) is 0 Å². The number of benzene rings is 1. The van der Waals surface area contributed by atoms with Crippen molar-refractivity contribution in [2.75, 3.05) is 19.8 Å². The van der Waals surface area contributed by atoms with Crippen LogP contribution in [0.25, 0.3) is 0 Å². The summed E-state index contributed by atoms with van der Waals surface area (Å²) < 4.78 is 37.7. The molecule has 1 fully saturated rings. The second-order valence-corrected chi connectivity index (χ2v) is 4.98. The highest BCUT2D eigenvalue weighted by Crippen LogP contribution is 2.27. The smallest absolute Gasteiger partial charge is 0.190 e. The summed E-state index contributed by atoms with van der Waals surface area (Å²) >= 11 is 3.02. The molecule has 0 unspecified atom stereocenters. The fraction of sp³-hybridized carbons (Fsp3) is 0.500. The predicted molar refractivity (Wildman–Crippen MR) is 63.1 cm³/mol. The largest absolute Gasteiger partial charge is 0.487 e. The van der Waals surface area contributed by atoms with Crippen molar-refractivity contribution in [3.8, 4) is 5.75 Å². The molecule has 5 heteroatoms. The van der Waals surface area contributed by atoms with E-state index in [0.29, 0.717) is 30.2 Å². The highest BCUT2D eigenvalue weighted by molar-refractivity contribution is 9.10. The number of halogens is 3. The Morgan fingerprint density at radius 2 is 1.82 bits per heavy atom. The quantitative estimate of drug-likeness (QED) is 0.850. The minimum Gasteiger partial charge on any atom is -0.487 e. The molecule has 1 aromatic carbocycles. The van der Waals surface area contributed by atoms with E-state index in [4.69, 9.17) is 9.47 Å². The van der Waals surface area contributed by atoms with Gasteiger partial charge < -0.3 is 9.47 Å². The number of ether oxygens (including phenoxy) is 2. The lowest BCUT2D eigenvalue weighted by atomic mass is 10.0. The Balaban J connectivity index is 1.98. The molecule has 0 amide bonds. The topological polar surface area (TPSA) is 18.5 Å². The van der Waals surface area contributed by atoms with Crippen molar-refractivity contribution < 1.29 is 18.3 Å². The van der Waals surface area contributed by atoms with E-state index in [-0.39, 0.29) is 5.75 Å². The molecule has 1 aliphatic rings. The zero-order valence-corrected chi connectivity index (χ0v) is 10.8. The van der Waals surface area contributed by atoms with Crippen molar-refractivity contribution >= 4 is 15.9 Å². The van der Waals surface area contributed by atoms with Crippen molar-refractivity contribution in [3.05, 3.63) is 28.2 Å². The van der Waals surface area contributed by atoms with Crippen molar-refractivity contribution in [3.63, 3.8) is 0 Å². The molecule has 1 heterocycles. The Morgan fingerprint density at radius 1 is 1.24 bits per heavy atom. The summed E-state index contributed by atoms with van der Waals surface area (Å²) in [6.45, 7) is 1.72. The molecule has 17 heavy (non-hydrogen) atoms. The van der Waals surface area contributed by atoms with Crippen molar-refractivity contribution in [2.45, 2.75) is 12.8 Å². The molecule has 0 atom stereocenters. The summed E-state index contributed by atoms with van der Waals surface area (Å²) in [6, 6.07) is 2.39. The zero-order chi connectivity index (χ0) is 12.3. The van der Waals surface area contributed by atoms with Gasteiger partial charge in [-0.2, -0.15) is 0 Å². The van der Waals surface area contributed by atoms with Crippen molar-refractivity contribution in [1.82, 2.24) is 0 Å². The first-order valence-corrected chi connectivity index (χ1v) is 6.31. The summed E-state index contributed by atoms with van der Waals surface area (Å²) in [5, 5.41) is 0. The van der Waals surface area contributed by atoms with Crippen LogP contribution in [0.4, 0.5) is 8.78 Å². The van der Waals surface area contributed by atoms with Gasteiger partial charge in [0, 0.05) is 17.7 Å². The fourth-order valence-electron chi connectivity index (χ4n) is 1.78. The summed E-state index contributed by atoms with van der Waals surface area (Å²) in [7, 11) is 0. The molecule has 2 nitrogen and oxygen atoms in total. The van der Waals surface area contributed by atoms with Crippen LogP contribution in [0.1, 0.15) is 12.8 Å². The van der Waals surface area contributed by atoms with Gasteiger partial charge in [-0.15, -0.1) is 0 Å². The van der Waals surface area contributed by atoms with Gasteiger partial charge in [0.15, 0.2) is 17.4 Å². The van der Waals surface area contributed by atoms with Gasteiger partial charge >= 0.3 is 0 Å². The lowest BCUT2D eigenvalue weighted by Crippen LogP contribution is -2.21. The molecule has 0 saturated carbocycles. The number of rotatable bonds is 3. The van der Waals surface area contributed by atoms with Crippen LogP contribution < -0.4 is 4.74 Å². The molecule has 0 spiro atoms. The Bertz CT molecular complexity index is 369. The molecular formula is C12H13BrF2O2. The van der Waals surface area contributed by atoms with E-state index >= 15 is 0 Å². The standard InChI is InChI=1S/C12H13BrF2O2/c13-9-5-10(14)12(11(15)6-9)17-7-8-1-3-16-4-2-8/h5-6,8H,1-4,7H2. The third kappa shape index (κ3) is 3.39. The molecule has 0 bridgehead atoms. The first kappa shape index (κ1) is 12.8. The SMILES string of the molecule is Fc1cc(Br)cc(F)c1OCC1CCOCC1. The Hall–Kier alpha value is -0.680. The van der Waals surface area contributed by atoms with Crippen LogP contribution in [-0.2, 0) is 4.74 Å². The first-order valence-electron chi connectivity index (χ1n) is 5.52. The van der Waals surface area contributed by atoms with E-state index in [2.05, 4.69) is 15.9 Å². The van der Waals surface area contributed by atoms with Crippen LogP contribution in [-0.4, -0.2) is 19.8 Å². The Labute approximate surface area is 107 Å². The monoisotopic (exact) mass is 306 g/mol. The van der Waals surface area contributed by atoms with E-state index < -0.39 is 11.6 Å². The van der Waals surface area contributed by atoms with Gasteiger partial charge in [-0.1, -0.05) is 15.9 Å². The van der Waals surface area contributed by atoms with Crippen LogP contribution in [0.3, 0.4) is 0 Å². The second-order valence-electron chi connectivity index (χ2n) is 4.07. The van der Waals surface area contributed by atoms with Crippen LogP contribution in [0.15, 0.2) is 16.6 Å². The predicted octanol–water partition coefficient (Wildman–Crippen LogP) is 3.53. The normalized spacial score (nSPS) is 17.1. The molecule has 1 aromatic rings. The molecule has 94 valence electrons. The molecule has 0 aliphatic carbocycles. The first-order chi connectivity index (χ1) is 8.16. The van der Waals surface area contributed by atoms with Gasteiger partial charge in [0.1, 0.15) is 0 Å². The van der Waals surface area contributed by atoms with Gasteiger partial charge in [0.2, 0.25) is 0 Å². The Kier molecular flexibility index (Phi) is 4.34. The maximum atomic E-state index is 13.4. The van der Waals surface area contributed by atoms with Gasteiger partial charge in [-0.3, -0.25) is 0 Å². The van der Waals surface area contributed by atoms with E-state index in [1.807, 2.05) is 0 Å². The lowest BCUT2D eigenvalue weighted by Gasteiger charge is -2.22. The summed E-state index contributed by atoms with van der Waals surface area (Å²) in [5.41, 5.74) is 0. The average Bonchev–Trinajstić information content (AvgIpc) is 2.29. The summed E-state index contributed by atoms with van der Waals surface area (Å²) in [4.78, 5) is 0. The maximum Gasteiger partial charge on any atom is 0.190 e. The van der Waals surface area contributed by atoms with Crippen molar-refractivity contribution in [1.29, 1.82) is 0 Å². The summed E-state index contributed by atoms with van der Waals surface area (Å²) in [5.74, 6) is -1.33. The molecular weight excluding hydrogens is 294 g/mol. The number of hydrogen-bond acceptors (Lipinski definition) is 2. The fourth-order valence-corrected chi connectivity index (χ4v) is 2.18. The van der Waals surface area contributed by atoms with Gasteiger partial charge in [0.25, 0.3) is 0 Å². The van der Waals surface area contributed by atoms with E-state index in [1.165, 1.54) is 12.1 Å². The van der Waals surface area contributed by atoms with Gasteiger partial charge in [-0.25, -0.2) is 8.78 Å². The third-order valence-corrected chi connectivity index (χ3v) is 3.23. The summed E-state index contributed by atoms with van der Waals surface area (Å²) in [6.07, 6.45) is 1.75. The molecule has 2 rings (SSSR count). The maximum absolute atomic E-state index is 13.4. The molecule has 0 aromatic heterocycles. The minimum atomic E-state index is -0.677. The molecule has 1 saturated heterocycles. The van der Waals surface area contributed by atoms with Crippen LogP contribution in [0.5, 0.6) is 5.75 Å². The van der Waals surface area contributed by atoms with Crippen LogP contribution in [0.2, 0.25) is 0 Å². The molecule has 0 radical (unpaired) electrons. The Morgan fingerprint density at radius 3 is 2.41 bits per heavy atom. The molecule has 1 aliphatic heterocycles. The second kappa shape index (κ2) is 5.78.